The van der Waals surface area contributed by atoms with Crippen molar-refractivity contribution in [2.45, 2.75) is 46.1 Å². The van der Waals surface area contributed by atoms with Crippen LogP contribution in [0, 0.1) is 17.3 Å². The molecular formula is C16H27N3S. The van der Waals surface area contributed by atoms with E-state index in [2.05, 4.69) is 45.1 Å². The summed E-state index contributed by atoms with van der Waals surface area (Å²) in [7, 11) is 4.28. The smallest absolute Gasteiger partial charge is 0.185 e. The second-order valence-corrected chi connectivity index (χ2v) is 8.56. The van der Waals surface area contributed by atoms with Crippen LogP contribution in [0.2, 0.25) is 0 Å². The van der Waals surface area contributed by atoms with Crippen LogP contribution in [0.3, 0.4) is 0 Å². The lowest BCUT2D eigenvalue weighted by Crippen LogP contribution is -2.30. The van der Waals surface area contributed by atoms with Crippen LogP contribution in [-0.2, 0) is 6.42 Å². The molecule has 1 saturated carbocycles. The van der Waals surface area contributed by atoms with Gasteiger partial charge < -0.3 is 10.2 Å². The van der Waals surface area contributed by atoms with Crippen molar-refractivity contribution in [1.82, 2.24) is 10.3 Å². The first-order valence-electron chi connectivity index (χ1n) is 7.77. The molecule has 3 unspecified atom stereocenters. The number of aromatic nitrogens is 1. The average Bonchev–Trinajstić information content (AvgIpc) is 2.88. The third kappa shape index (κ3) is 2.73. The summed E-state index contributed by atoms with van der Waals surface area (Å²) in [6.45, 7) is 8.23. The van der Waals surface area contributed by atoms with Crippen molar-refractivity contribution in [3.05, 3.63) is 10.6 Å². The Kier molecular flexibility index (Phi) is 3.57. The predicted octanol–water partition coefficient (Wildman–Crippen LogP) is 3.47. The van der Waals surface area contributed by atoms with E-state index in [1.165, 1.54) is 35.1 Å². The van der Waals surface area contributed by atoms with Crippen LogP contribution in [0.4, 0.5) is 5.13 Å². The summed E-state index contributed by atoms with van der Waals surface area (Å²) in [5.41, 5.74) is 1.69. The normalized spacial score (nSPS) is 30.9. The molecule has 0 aromatic carbocycles. The maximum Gasteiger partial charge on any atom is 0.185 e. The van der Waals surface area contributed by atoms with E-state index in [1.54, 1.807) is 0 Å². The molecule has 1 heterocycles. The Hall–Kier alpha value is -0.610. The third-order valence-electron chi connectivity index (χ3n) is 4.89. The molecule has 1 aromatic rings. The third-order valence-corrected chi connectivity index (χ3v) is 6.22. The highest BCUT2D eigenvalue weighted by atomic mass is 32.1. The van der Waals surface area contributed by atoms with Gasteiger partial charge in [-0.2, -0.15) is 0 Å². The molecule has 0 bridgehead atoms. The zero-order chi connectivity index (χ0) is 14.5. The second-order valence-electron chi connectivity index (χ2n) is 7.55. The number of anilines is 1. The summed E-state index contributed by atoms with van der Waals surface area (Å²) < 4.78 is 0. The molecule has 3 rings (SSSR count). The van der Waals surface area contributed by atoms with Crippen molar-refractivity contribution in [1.29, 1.82) is 0 Å². The zero-order valence-corrected chi connectivity index (χ0v) is 14.2. The van der Waals surface area contributed by atoms with Gasteiger partial charge in [0.15, 0.2) is 5.13 Å². The first kappa shape index (κ1) is 14.3. The summed E-state index contributed by atoms with van der Waals surface area (Å²) in [5.74, 6) is 1.80. The molecule has 0 amide bonds. The Balaban J connectivity index is 1.80. The largest absolute Gasteiger partial charge is 0.351 e. The van der Waals surface area contributed by atoms with Gasteiger partial charge in [0.25, 0.3) is 0 Å². The fraction of sp³-hybridized carbons (Fsp3) is 0.812. The summed E-state index contributed by atoms with van der Waals surface area (Å²) in [6.07, 6.45) is 3.72. The fourth-order valence-corrected chi connectivity index (χ4v) is 4.56. The van der Waals surface area contributed by atoms with Crippen LogP contribution < -0.4 is 10.2 Å². The lowest BCUT2D eigenvalue weighted by atomic mass is 9.76. The van der Waals surface area contributed by atoms with Crippen LogP contribution >= 0.6 is 11.3 Å². The predicted molar refractivity (Wildman–Crippen MR) is 86.6 cm³/mol. The second kappa shape index (κ2) is 4.99. The van der Waals surface area contributed by atoms with Crippen molar-refractivity contribution in [3.63, 3.8) is 0 Å². The van der Waals surface area contributed by atoms with Crippen molar-refractivity contribution < 1.29 is 0 Å². The van der Waals surface area contributed by atoms with Gasteiger partial charge in [0, 0.05) is 24.5 Å². The lowest BCUT2D eigenvalue weighted by Gasteiger charge is -2.34. The fourth-order valence-electron chi connectivity index (χ4n) is 3.40. The van der Waals surface area contributed by atoms with Crippen LogP contribution in [0.5, 0.6) is 0 Å². The maximum absolute atomic E-state index is 4.95. The van der Waals surface area contributed by atoms with E-state index in [-0.39, 0.29) is 0 Å². The van der Waals surface area contributed by atoms with E-state index in [9.17, 15) is 0 Å². The minimum atomic E-state index is 0.357. The molecule has 1 fully saturated rings. The number of nitrogens with zero attached hydrogens (tertiary/aromatic N) is 2. The molecule has 2 aliphatic rings. The Morgan fingerprint density at radius 2 is 2.15 bits per heavy atom. The quantitative estimate of drug-likeness (QED) is 0.921. The van der Waals surface area contributed by atoms with Gasteiger partial charge in [-0.3, -0.25) is 0 Å². The molecule has 0 spiro atoms. The van der Waals surface area contributed by atoms with Gasteiger partial charge in [0.05, 0.1) is 5.69 Å². The Morgan fingerprint density at radius 1 is 1.45 bits per heavy atom. The van der Waals surface area contributed by atoms with Crippen LogP contribution in [-0.4, -0.2) is 25.6 Å². The van der Waals surface area contributed by atoms with E-state index in [0.717, 1.165) is 18.3 Å². The van der Waals surface area contributed by atoms with Crippen molar-refractivity contribution in [2.75, 3.05) is 25.5 Å². The summed E-state index contributed by atoms with van der Waals surface area (Å²) in [4.78, 5) is 8.80. The molecule has 1 aromatic heterocycles. The van der Waals surface area contributed by atoms with Gasteiger partial charge in [-0.25, -0.2) is 4.98 Å². The summed E-state index contributed by atoms with van der Waals surface area (Å²) in [5, 5.41) is 4.69. The SMILES string of the molecule is CNC1CC(C)(C)Cc2nc(N(C)CC3CC3C)sc21. The maximum atomic E-state index is 4.95. The number of thiazole rings is 1. The van der Waals surface area contributed by atoms with Gasteiger partial charge in [0.1, 0.15) is 0 Å². The van der Waals surface area contributed by atoms with Gasteiger partial charge in [0.2, 0.25) is 0 Å². The van der Waals surface area contributed by atoms with Crippen molar-refractivity contribution in [2.24, 2.45) is 17.3 Å². The molecule has 1 N–H and O–H groups in total. The molecule has 3 atom stereocenters. The van der Waals surface area contributed by atoms with E-state index >= 15 is 0 Å². The van der Waals surface area contributed by atoms with Crippen LogP contribution in [0.25, 0.3) is 0 Å². The highest BCUT2D eigenvalue weighted by Gasteiger charge is 2.36. The Labute approximate surface area is 126 Å². The molecule has 20 heavy (non-hydrogen) atoms. The van der Waals surface area contributed by atoms with E-state index in [4.69, 9.17) is 4.98 Å². The van der Waals surface area contributed by atoms with Crippen LogP contribution in [0.1, 0.15) is 50.2 Å². The highest BCUT2D eigenvalue weighted by Crippen LogP contribution is 2.45. The Bertz CT molecular complexity index is 494. The van der Waals surface area contributed by atoms with Gasteiger partial charge >= 0.3 is 0 Å². The first-order valence-corrected chi connectivity index (χ1v) is 8.59. The van der Waals surface area contributed by atoms with E-state index in [0.29, 0.717) is 11.5 Å². The van der Waals surface area contributed by atoms with Gasteiger partial charge in [-0.1, -0.05) is 32.1 Å². The minimum absolute atomic E-state index is 0.357. The first-order chi connectivity index (χ1) is 9.39. The van der Waals surface area contributed by atoms with Crippen LogP contribution in [0.15, 0.2) is 0 Å². The van der Waals surface area contributed by atoms with E-state index < -0.39 is 0 Å². The number of hydrogen-bond acceptors (Lipinski definition) is 4. The average molecular weight is 293 g/mol. The highest BCUT2D eigenvalue weighted by molar-refractivity contribution is 7.15. The molecular weight excluding hydrogens is 266 g/mol. The zero-order valence-electron chi connectivity index (χ0n) is 13.4. The van der Waals surface area contributed by atoms with Gasteiger partial charge in [-0.05, 0) is 43.6 Å². The number of hydrogen-bond donors (Lipinski definition) is 1. The summed E-state index contributed by atoms with van der Waals surface area (Å²) in [6, 6.07) is 0.480. The molecule has 4 heteroatoms. The minimum Gasteiger partial charge on any atom is -0.351 e. The molecule has 0 saturated heterocycles. The summed E-state index contributed by atoms with van der Waals surface area (Å²) >= 11 is 1.90. The van der Waals surface area contributed by atoms with Gasteiger partial charge in [-0.15, -0.1) is 0 Å². The molecule has 0 aliphatic heterocycles. The topological polar surface area (TPSA) is 28.2 Å². The van der Waals surface area contributed by atoms with Crippen molar-refractivity contribution in [3.8, 4) is 0 Å². The van der Waals surface area contributed by atoms with E-state index in [1.807, 2.05) is 11.3 Å². The lowest BCUT2D eigenvalue weighted by molar-refractivity contribution is 0.265. The number of rotatable bonds is 4. The number of fused-ring (bicyclic) bond motifs is 1. The molecule has 112 valence electrons. The molecule has 2 aliphatic carbocycles. The molecule has 3 nitrogen and oxygen atoms in total. The Morgan fingerprint density at radius 3 is 2.75 bits per heavy atom. The molecule has 0 radical (unpaired) electrons. The number of nitrogens with one attached hydrogen (secondary N) is 1. The van der Waals surface area contributed by atoms with Crippen molar-refractivity contribution >= 4 is 16.5 Å². The standard InChI is InChI=1S/C16H27N3S/c1-10-6-11(10)9-19(5)15-18-13-8-16(2,3)7-12(17-4)14(13)20-15/h10-12,17H,6-9H2,1-5H3. The monoisotopic (exact) mass is 293 g/mol.